The van der Waals surface area contributed by atoms with Crippen LogP contribution in [0.25, 0.3) is 33.1 Å². The van der Waals surface area contributed by atoms with Crippen molar-refractivity contribution in [3.63, 3.8) is 0 Å². The number of anilines is 1. The molecule has 0 unspecified atom stereocenters. The Morgan fingerprint density at radius 3 is 1.60 bits per heavy atom. The molecule has 3 heterocycles. The Morgan fingerprint density at radius 2 is 1.11 bits per heavy atom. The number of aromatic amines is 2. The summed E-state index contributed by atoms with van der Waals surface area (Å²) in [6.07, 6.45) is 0. The topological polar surface area (TPSA) is 311 Å². The molecule has 0 bridgehead atoms. The molecule has 0 saturated carbocycles. The molecule has 0 fully saturated rings. The van der Waals surface area contributed by atoms with Crippen molar-refractivity contribution in [1.82, 2.24) is 15.3 Å². The number of benzene rings is 6. The Kier molecular flexibility index (Phi) is 31.6. The Bertz CT molecular complexity index is 3670. The number of carbonyl (C=O) groups excluding carboxylic acids is 3. The zero-order chi connectivity index (χ0) is 56.3. The van der Waals surface area contributed by atoms with Crippen LogP contribution in [0, 0.1) is 0 Å². The van der Waals surface area contributed by atoms with Gasteiger partial charge in [0, 0.05) is 51.0 Å². The molecule has 1 amide bonds. The third-order valence-electron chi connectivity index (χ3n) is 10.9. The fourth-order valence-electron chi connectivity index (χ4n) is 7.17. The maximum absolute atomic E-state index is 12.6. The molecule has 81 heavy (non-hydrogen) atoms. The summed E-state index contributed by atoms with van der Waals surface area (Å²) in [6.45, 7) is 0.117. The van der Waals surface area contributed by atoms with Crippen LogP contribution in [0.4, 0.5) is 11.4 Å². The van der Waals surface area contributed by atoms with Crippen molar-refractivity contribution in [1.29, 1.82) is 0 Å². The largest absolute Gasteiger partial charge is 1.00 e. The zero-order valence-corrected chi connectivity index (χ0v) is 51.2. The maximum atomic E-state index is 12.6. The molecule has 0 spiro atoms. The first-order valence-corrected chi connectivity index (χ1v) is 23.3. The fourth-order valence-corrected chi connectivity index (χ4v) is 7.88. The number of fused-ring (bicyclic) bond motifs is 3. The number of nitrogens with zero attached hydrogens (tertiary/aromatic N) is 1. The first-order valence-electron chi connectivity index (χ1n) is 22.2. The van der Waals surface area contributed by atoms with Crippen LogP contribution in [0.5, 0.6) is 34.5 Å². The van der Waals surface area contributed by atoms with Crippen molar-refractivity contribution in [3.8, 4) is 45.8 Å². The minimum atomic E-state index is -0.801. The van der Waals surface area contributed by atoms with E-state index in [9.17, 15) is 24.0 Å². The van der Waals surface area contributed by atoms with E-state index in [2.05, 4.69) is 29.6 Å². The van der Waals surface area contributed by atoms with E-state index in [1.54, 1.807) is 73.8 Å². The number of hydrogen-bond donors (Lipinski definition) is 5. The van der Waals surface area contributed by atoms with E-state index in [4.69, 9.17) is 84.7 Å². The molecule has 0 saturated heterocycles. The summed E-state index contributed by atoms with van der Waals surface area (Å²) in [5, 5.41) is 13.5. The first kappa shape index (κ1) is 72.4. The number of pyridine rings is 1. The van der Waals surface area contributed by atoms with Gasteiger partial charge in [-0.2, -0.15) is 0 Å². The number of rotatable bonds is 11. The quantitative estimate of drug-likeness (QED) is 0.0408. The zero-order valence-electron chi connectivity index (χ0n) is 45.2. The summed E-state index contributed by atoms with van der Waals surface area (Å²) in [6, 6.07) is 31.1. The van der Waals surface area contributed by atoms with E-state index in [0.29, 0.717) is 106 Å². The summed E-state index contributed by atoms with van der Waals surface area (Å²) in [7, 11) is 9.04. The third-order valence-corrected chi connectivity index (χ3v) is 11.8. The van der Waals surface area contributed by atoms with Crippen molar-refractivity contribution in [3.05, 3.63) is 172 Å². The molecule has 0 radical (unpaired) electrons. The van der Waals surface area contributed by atoms with Crippen LogP contribution in [0.1, 0.15) is 35.1 Å². The molecule has 420 valence electrons. The average molecular weight is 1210 g/mol. The van der Waals surface area contributed by atoms with Gasteiger partial charge in [-0.25, -0.2) is 14.6 Å². The normalized spacial score (nSPS) is 10.5. The van der Waals surface area contributed by atoms with Crippen molar-refractivity contribution >= 4 is 104 Å². The van der Waals surface area contributed by atoms with E-state index in [-0.39, 0.29) is 122 Å². The Labute approximate surface area is 530 Å². The van der Waals surface area contributed by atoms with Gasteiger partial charge in [-0.15, -0.1) is 12.4 Å². The summed E-state index contributed by atoms with van der Waals surface area (Å²) in [4.78, 5) is 79.8. The Balaban J connectivity index is 0.00000105. The number of aliphatic imine (C=N–C) groups is 1. The molecule has 8 aromatic rings. The monoisotopic (exact) mass is 1210 g/mol. The summed E-state index contributed by atoms with van der Waals surface area (Å²) in [5.74, 6) is 1.67. The molecule has 1 aliphatic heterocycles. The molecule has 9 rings (SSSR count). The van der Waals surface area contributed by atoms with E-state index >= 15 is 0 Å². The number of halogens is 4. The van der Waals surface area contributed by atoms with E-state index in [1.807, 2.05) is 30.3 Å². The number of carbonyl (C=O) groups is 3. The van der Waals surface area contributed by atoms with Crippen LogP contribution in [-0.4, -0.2) is 89.6 Å². The van der Waals surface area contributed by atoms with Gasteiger partial charge in [-0.05, 0) is 36.4 Å². The smallest absolute Gasteiger partial charge is 1.00 e. The second-order valence-corrected chi connectivity index (χ2v) is 16.5. The van der Waals surface area contributed by atoms with Crippen molar-refractivity contribution in [2.75, 3.05) is 61.5 Å². The molecule has 27 heteroatoms. The number of ketones is 1. The standard InChI is InChI=1S/2C17H15ClN2O3.C10H9NO5.C8H8ClNO.CH2O3.CH4.ClH.2Na.H/c1-22-15-7-11-13(8-16(15)23-2)20-14(9-19-17(11)21)10-5-3-4-6-12(10)18;1-22-13-7-10-12(8-14(13)23-2)20-16(15(19)17(10)21)9-5-3-4-6-11(9)18;1-14-7-3-5-6(4-8(7)15-2)11-10(13)16-9(5)12;9-7-4-2-1-3-6(7)8(11)5-10;2-1-4-3;;;;;/h3-8H,9H2,1-2H3,(H,19,21);3-8H,19H2,1-2H3,(H,20,21);3-4H,1-2H3,(H,11,13);1-4H,5,10H2;1,3H;1H4;1H;;;/q;;;;;;;2*+1;-1/p-1. The predicted molar refractivity (Wildman–Crippen MR) is 305 cm³/mol. The SMILES string of the molecule is C.COc1cc2[nH]c(-c3ccccc3Cl)c(N)c(=O)c2cc1OC.COc1cc2[nH]c(=O)oc(=O)c2cc1OC.COc1cc2c(cc1OC)C(=O)NCC(c1ccccc1Cl)=N2.Cl.NCC(=O)c1ccccc1Cl.O=CO[O-].[H-].[Na+].[Na+]. The first-order chi connectivity index (χ1) is 37.0. The number of nitrogen functional groups attached to an aromatic ring is 1. The number of nitrogens with two attached hydrogens (primary N) is 2. The van der Waals surface area contributed by atoms with Gasteiger partial charge >= 0.3 is 70.5 Å². The van der Waals surface area contributed by atoms with Gasteiger partial charge in [-0.3, -0.25) is 24.2 Å². The van der Waals surface area contributed by atoms with Gasteiger partial charge in [0.05, 0.1) is 105 Å². The van der Waals surface area contributed by atoms with Crippen LogP contribution >= 0.6 is 47.2 Å². The van der Waals surface area contributed by atoms with Gasteiger partial charge in [0.25, 0.3) is 12.4 Å². The number of ether oxygens (including phenoxy) is 6. The molecular formula is C54H54Cl4N6Na2O15. The number of methoxy groups -OCH3 is 6. The number of hydrogen-bond acceptors (Lipinski definition) is 18. The predicted octanol–water partition coefficient (Wildman–Crippen LogP) is 2.26. The number of H-pyrrole nitrogens is 2. The van der Waals surface area contributed by atoms with E-state index < -0.39 is 11.4 Å². The van der Waals surface area contributed by atoms with Crippen LogP contribution in [0.3, 0.4) is 0 Å². The second kappa shape index (κ2) is 35.3. The van der Waals surface area contributed by atoms with Gasteiger partial charge in [0.1, 0.15) is 5.69 Å². The number of aromatic nitrogens is 2. The molecule has 6 aromatic carbocycles. The molecule has 0 atom stereocenters. The summed E-state index contributed by atoms with van der Waals surface area (Å²) in [5.41, 5.74) is 15.3. The number of amides is 1. The molecule has 2 aromatic heterocycles. The average Bonchev–Trinajstić information content (AvgIpc) is 3.60. The van der Waals surface area contributed by atoms with E-state index in [1.165, 1.54) is 47.7 Å². The van der Waals surface area contributed by atoms with Gasteiger partial charge in [0.15, 0.2) is 40.3 Å². The maximum Gasteiger partial charge on any atom is 1.00 e. The minimum absolute atomic E-state index is 0. The summed E-state index contributed by atoms with van der Waals surface area (Å²) >= 11 is 18.2. The van der Waals surface area contributed by atoms with Crippen LogP contribution in [-0.2, 0) is 9.68 Å². The van der Waals surface area contributed by atoms with Crippen LogP contribution < -0.4 is 126 Å². The molecular weight excluding hydrogens is 1160 g/mol. The fraction of sp³-hybridized carbons (Fsp3) is 0.167. The van der Waals surface area contributed by atoms with Crippen molar-refractivity contribution in [2.45, 2.75) is 7.43 Å². The van der Waals surface area contributed by atoms with Crippen LogP contribution in [0.2, 0.25) is 15.1 Å². The molecule has 1 aliphatic rings. The minimum Gasteiger partial charge on any atom is -1.00 e. The van der Waals surface area contributed by atoms with Gasteiger partial charge in [0.2, 0.25) is 5.43 Å². The van der Waals surface area contributed by atoms with Gasteiger partial charge in [-0.1, -0.05) is 90.8 Å². The van der Waals surface area contributed by atoms with Crippen molar-refractivity contribution < 1.29 is 118 Å². The number of Topliss-reactive ketones (excluding diaryl/α,β-unsaturated/α-hetero) is 1. The van der Waals surface area contributed by atoms with Gasteiger partial charge < -0.3 is 66.2 Å². The molecule has 21 nitrogen and oxygen atoms in total. The third kappa shape index (κ3) is 18.5. The molecule has 0 aliphatic carbocycles. The van der Waals surface area contributed by atoms with E-state index in [0.717, 1.165) is 5.56 Å². The molecule has 7 N–H and O–H groups in total. The summed E-state index contributed by atoms with van der Waals surface area (Å²) < 4.78 is 35.5. The number of nitrogens with one attached hydrogen (secondary N) is 3. The Hall–Kier alpha value is -6.57. The Morgan fingerprint density at radius 1 is 0.667 bits per heavy atom. The second-order valence-electron chi connectivity index (χ2n) is 15.3. The van der Waals surface area contributed by atoms with Crippen molar-refractivity contribution in [2.24, 2.45) is 10.7 Å². The van der Waals surface area contributed by atoms with Crippen LogP contribution in [0.15, 0.2) is 133 Å².